The number of alkyl halides is 3. The zero-order valence-corrected chi connectivity index (χ0v) is 15.8. The van der Waals surface area contributed by atoms with Crippen molar-refractivity contribution in [1.82, 2.24) is 9.88 Å². The van der Waals surface area contributed by atoms with Gasteiger partial charge in [0.15, 0.2) is 5.71 Å². The number of carbonyl (C=O) groups excluding carboxylic acids is 1. The van der Waals surface area contributed by atoms with Crippen molar-refractivity contribution in [2.75, 3.05) is 31.3 Å². The summed E-state index contributed by atoms with van der Waals surface area (Å²) in [5.41, 5.74) is -0.607. The third-order valence-electron chi connectivity index (χ3n) is 4.59. The van der Waals surface area contributed by atoms with Gasteiger partial charge in [0.25, 0.3) is 5.91 Å². The van der Waals surface area contributed by atoms with Crippen LogP contribution in [0.3, 0.4) is 0 Å². The van der Waals surface area contributed by atoms with Crippen LogP contribution in [0.4, 0.5) is 18.3 Å². The Morgan fingerprint density at radius 1 is 1.25 bits per heavy atom. The van der Waals surface area contributed by atoms with Crippen molar-refractivity contribution < 1.29 is 22.7 Å². The van der Waals surface area contributed by atoms with E-state index in [4.69, 9.17) is 4.74 Å². The summed E-state index contributed by atoms with van der Waals surface area (Å²) in [7, 11) is 0. The molecule has 0 N–H and O–H groups in total. The molecule has 0 radical (unpaired) electrons. The van der Waals surface area contributed by atoms with E-state index in [1.54, 1.807) is 36.1 Å². The Balaban J connectivity index is 1.81. The standard InChI is InChI=1S/C18H17F3N4O2S/c1-2-12(24-7-9-27-10-8-24)14-15(18(19,20)21)23-25(16(14)26)17-22-11-5-3-4-6-13(11)28-17/h3-6H,2,7-10H2,1H3/b14-12-. The van der Waals surface area contributed by atoms with E-state index in [9.17, 15) is 18.0 Å². The molecule has 6 nitrogen and oxygen atoms in total. The Kier molecular flexibility index (Phi) is 4.84. The second-order valence-electron chi connectivity index (χ2n) is 6.30. The van der Waals surface area contributed by atoms with Crippen LogP contribution in [0.2, 0.25) is 0 Å². The van der Waals surface area contributed by atoms with Crippen LogP contribution in [0.5, 0.6) is 0 Å². The van der Waals surface area contributed by atoms with Crippen LogP contribution in [0.25, 0.3) is 10.2 Å². The summed E-state index contributed by atoms with van der Waals surface area (Å²) < 4.78 is 47.3. The summed E-state index contributed by atoms with van der Waals surface area (Å²) in [5.74, 6) is -0.797. The number of allylic oxidation sites excluding steroid dienone is 1. The number of aromatic nitrogens is 1. The van der Waals surface area contributed by atoms with Crippen LogP contribution in [-0.4, -0.2) is 54.0 Å². The quantitative estimate of drug-likeness (QED) is 0.726. The molecule has 0 bridgehead atoms. The normalized spacial score (nSPS) is 20.1. The third kappa shape index (κ3) is 3.26. The monoisotopic (exact) mass is 410 g/mol. The van der Waals surface area contributed by atoms with Gasteiger partial charge in [0.1, 0.15) is 0 Å². The summed E-state index contributed by atoms with van der Waals surface area (Å²) in [6.07, 6.45) is -4.47. The highest BCUT2D eigenvalue weighted by Crippen LogP contribution is 2.37. The minimum absolute atomic E-state index is 0.125. The molecule has 4 rings (SSSR count). The number of anilines is 1. The van der Waals surface area contributed by atoms with E-state index in [0.29, 0.717) is 37.5 Å². The number of benzene rings is 1. The van der Waals surface area contributed by atoms with E-state index in [2.05, 4.69) is 10.1 Å². The van der Waals surface area contributed by atoms with E-state index in [1.165, 1.54) is 0 Å². The van der Waals surface area contributed by atoms with Crippen LogP contribution in [-0.2, 0) is 9.53 Å². The van der Waals surface area contributed by atoms with Gasteiger partial charge in [-0.1, -0.05) is 30.4 Å². The van der Waals surface area contributed by atoms with Crippen molar-refractivity contribution in [2.45, 2.75) is 19.5 Å². The first kappa shape index (κ1) is 18.9. The fourth-order valence-corrected chi connectivity index (χ4v) is 4.25. The van der Waals surface area contributed by atoms with Crippen molar-refractivity contribution in [1.29, 1.82) is 0 Å². The molecule has 0 aliphatic carbocycles. The lowest BCUT2D eigenvalue weighted by Gasteiger charge is -2.31. The number of hydrogen-bond donors (Lipinski definition) is 0. The van der Waals surface area contributed by atoms with Gasteiger partial charge in [-0.2, -0.15) is 23.3 Å². The first-order valence-corrected chi connectivity index (χ1v) is 9.64. The predicted molar refractivity (Wildman–Crippen MR) is 100 cm³/mol. The first-order valence-electron chi connectivity index (χ1n) is 8.82. The number of thiazole rings is 1. The lowest BCUT2D eigenvalue weighted by atomic mass is 10.0. The number of halogens is 3. The maximum Gasteiger partial charge on any atom is 0.436 e. The van der Waals surface area contributed by atoms with Gasteiger partial charge in [-0.05, 0) is 18.6 Å². The maximum atomic E-state index is 13.7. The van der Waals surface area contributed by atoms with Crippen molar-refractivity contribution in [3.05, 3.63) is 35.5 Å². The summed E-state index contributed by atoms with van der Waals surface area (Å²) in [4.78, 5) is 19.1. The highest BCUT2D eigenvalue weighted by atomic mass is 32.1. The van der Waals surface area contributed by atoms with Crippen LogP contribution < -0.4 is 5.01 Å². The van der Waals surface area contributed by atoms with Crippen molar-refractivity contribution in [3.8, 4) is 0 Å². The number of ether oxygens (including phenoxy) is 1. The van der Waals surface area contributed by atoms with Gasteiger partial charge in [-0.25, -0.2) is 4.98 Å². The molecular weight excluding hydrogens is 393 g/mol. The molecule has 2 aromatic rings. The highest BCUT2D eigenvalue weighted by molar-refractivity contribution is 7.22. The lowest BCUT2D eigenvalue weighted by Crippen LogP contribution is -2.38. The largest absolute Gasteiger partial charge is 0.436 e. The number of amides is 1. The van der Waals surface area contributed by atoms with Gasteiger partial charge < -0.3 is 9.64 Å². The van der Waals surface area contributed by atoms with Gasteiger partial charge in [0, 0.05) is 18.8 Å². The number of hydrazone groups is 1. The smallest absolute Gasteiger partial charge is 0.378 e. The number of fused-ring (bicyclic) bond motifs is 1. The van der Waals surface area contributed by atoms with Gasteiger partial charge in [0.05, 0.1) is 29.0 Å². The molecule has 148 valence electrons. The fourth-order valence-electron chi connectivity index (χ4n) is 3.33. The van der Waals surface area contributed by atoms with Gasteiger partial charge >= 0.3 is 6.18 Å². The molecule has 10 heteroatoms. The molecular formula is C18H17F3N4O2S. The highest BCUT2D eigenvalue weighted by Gasteiger charge is 2.49. The minimum atomic E-state index is -4.75. The molecule has 0 unspecified atom stereocenters. The van der Waals surface area contributed by atoms with Crippen molar-refractivity contribution in [2.24, 2.45) is 5.10 Å². The molecule has 1 aromatic carbocycles. The fraction of sp³-hybridized carbons (Fsp3) is 0.389. The molecule has 1 fully saturated rings. The number of nitrogens with zero attached hydrogens (tertiary/aromatic N) is 4. The van der Waals surface area contributed by atoms with Crippen LogP contribution in [0.15, 0.2) is 40.6 Å². The van der Waals surface area contributed by atoms with Gasteiger partial charge in [-0.15, -0.1) is 0 Å². The average molecular weight is 410 g/mol. The van der Waals surface area contributed by atoms with E-state index in [1.807, 2.05) is 0 Å². The molecule has 3 heterocycles. The van der Waals surface area contributed by atoms with E-state index in [0.717, 1.165) is 21.0 Å². The zero-order valence-electron chi connectivity index (χ0n) is 15.0. The Labute approximate surface area is 162 Å². The van der Waals surface area contributed by atoms with E-state index in [-0.39, 0.29) is 11.6 Å². The van der Waals surface area contributed by atoms with Gasteiger partial charge in [0.2, 0.25) is 5.13 Å². The molecule has 0 atom stereocenters. The topological polar surface area (TPSA) is 58.0 Å². The Bertz CT molecular complexity index is 944. The number of hydrogen-bond acceptors (Lipinski definition) is 6. The lowest BCUT2D eigenvalue weighted by molar-refractivity contribution is -0.114. The van der Waals surface area contributed by atoms with Crippen LogP contribution in [0, 0.1) is 0 Å². The summed E-state index contributed by atoms with van der Waals surface area (Å²) >= 11 is 1.13. The SMILES string of the molecule is CC/C(=C1/C(=O)N(c2nc3ccccc3s2)N=C1C(F)(F)F)N1CCOCC1. The predicted octanol–water partition coefficient (Wildman–Crippen LogP) is 3.56. The second-order valence-corrected chi connectivity index (χ2v) is 7.31. The van der Waals surface area contributed by atoms with E-state index < -0.39 is 23.4 Å². The average Bonchev–Trinajstić information content (AvgIpc) is 3.25. The maximum absolute atomic E-state index is 13.7. The molecule has 1 amide bonds. The second kappa shape index (κ2) is 7.17. The Morgan fingerprint density at radius 2 is 1.96 bits per heavy atom. The van der Waals surface area contributed by atoms with Crippen LogP contribution in [0.1, 0.15) is 13.3 Å². The van der Waals surface area contributed by atoms with Crippen LogP contribution >= 0.6 is 11.3 Å². The minimum Gasteiger partial charge on any atom is -0.378 e. The number of para-hydroxylation sites is 1. The van der Waals surface area contributed by atoms with E-state index >= 15 is 0 Å². The van der Waals surface area contributed by atoms with Gasteiger partial charge in [-0.3, -0.25) is 4.79 Å². The number of carbonyl (C=O) groups is 1. The number of rotatable bonds is 3. The van der Waals surface area contributed by atoms with Crippen molar-refractivity contribution in [3.63, 3.8) is 0 Å². The Hall–Kier alpha value is -2.46. The first-order chi connectivity index (χ1) is 13.4. The third-order valence-corrected chi connectivity index (χ3v) is 5.60. The molecule has 0 saturated carbocycles. The number of morpholine rings is 1. The Morgan fingerprint density at radius 3 is 2.61 bits per heavy atom. The molecule has 1 aromatic heterocycles. The van der Waals surface area contributed by atoms with Crippen molar-refractivity contribution >= 4 is 38.3 Å². The molecule has 1 saturated heterocycles. The molecule has 2 aliphatic heterocycles. The summed E-state index contributed by atoms with van der Waals surface area (Å²) in [6.45, 7) is 3.42. The summed E-state index contributed by atoms with van der Waals surface area (Å²) in [6, 6.07) is 7.13. The molecule has 28 heavy (non-hydrogen) atoms. The molecule has 0 spiro atoms. The zero-order chi connectivity index (χ0) is 19.9. The summed E-state index contributed by atoms with van der Waals surface area (Å²) in [5, 5.41) is 4.56. The molecule has 2 aliphatic rings.